The minimum Gasteiger partial charge on any atom is -0.366 e. The van der Waals surface area contributed by atoms with E-state index in [1.54, 1.807) is 42.2 Å². The summed E-state index contributed by atoms with van der Waals surface area (Å²) in [5, 5.41) is 2.80. The van der Waals surface area contributed by atoms with Crippen molar-refractivity contribution in [2.75, 3.05) is 29.9 Å². The zero-order valence-electron chi connectivity index (χ0n) is 20.1. The van der Waals surface area contributed by atoms with Crippen LogP contribution in [0.2, 0.25) is 0 Å². The molecule has 0 radical (unpaired) electrons. The maximum atomic E-state index is 14.5. The van der Waals surface area contributed by atoms with Gasteiger partial charge >= 0.3 is 0 Å². The average Bonchev–Trinajstić information content (AvgIpc) is 3.23. The first-order chi connectivity index (χ1) is 16.9. The van der Waals surface area contributed by atoms with Gasteiger partial charge in [-0.15, -0.1) is 6.58 Å². The molecule has 1 aliphatic heterocycles. The summed E-state index contributed by atoms with van der Waals surface area (Å²) in [5.41, 5.74) is 3.71. The Balaban J connectivity index is 1.48. The second kappa shape index (κ2) is 9.07. The van der Waals surface area contributed by atoms with Gasteiger partial charge in [0.1, 0.15) is 11.0 Å². The van der Waals surface area contributed by atoms with E-state index in [2.05, 4.69) is 50.5 Å². The van der Waals surface area contributed by atoms with E-state index in [1.807, 2.05) is 12.1 Å². The minimum absolute atomic E-state index is 0.218. The fraction of sp³-hybridized carbons (Fsp3) is 0.308. The maximum absolute atomic E-state index is 14.5. The first kappa shape index (κ1) is 22.9. The highest BCUT2D eigenvalue weighted by Gasteiger charge is 2.31. The summed E-state index contributed by atoms with van der Waals surface area (Å²) >= 11 is 0. The quantitative estimate of drug-likeness (QED) is 0.441. The van der Waals surface area contributed by atoms with E-state index in [1.165, 1.54) is 6.07 Å². The van der Waals surface area contributed by atoms with Gasteiger partial charge in [-0.25, -0.2) is 9.37 Å². The van der Waals surface area contributed by atoms with Crippen molar-refractivity contribution in [3.63, 3.8) is 0 Å². The summed E-state index contributed by atoms with van der Waals surface area (Å²) in [6.45, 7) is 12.8. The molecule has 0 saturated carbocycles. The van der Waals surface area contributed by atoms with Crippen LogP contribution in [-0.2, 0) is 0 Å². The van der Waals surface area contributed by atoms with Gasteiger partial charge in [-0.05, 0) is 32.5 Å². The predicted octanol–water partition coefficient (Wildman–Crippen LogP) is 4.06. The Bertz CT molecular complexity index is 1430. The van der Waals surface area contributed by atoms with Gasteiger partial charge in [0, 0.05) is 56.0 Å². The van der Waals surface area contributed by atoms with Crippen LogP contribution >= 0.6 is 0 Å². The van der Waals surface area contributed by atoms with Crippen LogP contribution in [0.4, 0.5) is 15.8 Å². The summed E-state index contributed by atoms with van der Waals surface area (Å²) in [6, 6.07) is 5.51. The third kappa shape index (κ3) is 4.12. The van der Waals surface area contributed by atoms with Crippen molar-refractivity contribution in [1.29, 1.82) is 0 Å². The lowest BCUT2D eigenvalue weighted by molar-refractivity contribution is 0.102. The van der Waals surface area contributed by atoms with Crippen molar-refractivity contribution in [2.24, 2.45) is 0 Å². The molecule has 2 atom stereocenters. The number of hydrogen-bond donors (Lipinski definition) is 1. The molecule has 0 aliphatic carbocycles. The lowest BCUT2D eigenvalue weighted by atomic mass is 10.0. The van der Waals surface area contributed by atoms with Gasteiger partial charge in [0.05, 0.1) is 22.6 Å². The molecule has 1 aliphatic rings. The maximum Gasteiger partial charge on any atom is 0.257 e. The number of fused-ring (bicyclic) bond motifs is 2. The second-order valence-corrected chi connectivity index (χ2v) is 8.92. The Morgan fingerprint density at radius 3 is 2.74 bits per heavy atom. The Labute approximate surface area is 203 Å². The number of nitrogens with zero attached hydrogens (tertiary/aromatic N) is 6. The molecule has 0 unspecified atom stereocenters. The summed E-state index contributed by atoms with van der Waals surface area (Å²) in [6.07, 6.45) is 8.55. The van der Waals surface area contributed by atoms with Crippen LogP contribution in [0.15, 0.2) is 55.6 Å². The molecule has 9 heteroatoms. The largest absolute Gasteiger partial charge is 0.366 e. The van der Waals surface area contributed by atoms with E-state index in [0.29, 0.717) is 34.0 Å². The third-order valence-corrected chi connectivity index (χ3v) is 6.60. The number of piperazine rings is 1. The van der Waals surface area contributed by atoms with Crippen molar-refractivity contribution < 1.29 is 9.18 Å². The highest BCUT2D eigenvalue weighted by Crippen LogP contribution is 2.30. The van der Waals surface area contributed by atoms with E-state index >= 15 is 0 Å². The number of benzene rings is 1. The average molecular weight is 474 g/mol. The van der Waals surface area contributed by atoms with E-state index in [-0.39, 0.29) is 17.6 Å². The number of carbonyl (C=O) groups excluding carboxylic acids is 1. The van der Waals surface area contributed by atoms with E-state index in [9.17, 15) is 9.18 Å². The number of halogens is 1. The van der Waals surface area contributed by atoms with Crippen LogP contribution in [-0.4, -0.2) is 61.9 Å². The van der Waals surface area contributed by atoms with Crippen LogP contribution < -0.4 is 10.2 Å². The number of amides is 1. The van der Waals surface area contributed by atoms with Gasteiger partial charge in [0.25, 0.3) is 5.91 Å². The SMILES string of the molecule is C=C[C@@H]1CN(c2ccc(C(=O)Nc3cc(F)c4nc(C)cn4c3)c3nccnc23)C[C@@H](C)N1CC. The van der Waals surface area contributed by atoms with Gasteiger partial charge in [0.2, 0.25) is 0 Å². The number of rotatable bonds is 5. The summed E-state index contributed by atoms with van der Waals surface area (Å²) < 4.78 is 16.1. The first-order valence-electron chi connectivity index (χ1n) is 11.7. The molecule has 1 saturated heterocycles. The van der Waals surface area contributed by atoms with Crippen LogP contribution in [0.5, 0.6) is 0 Å². The number of carbonyl (C=O) groups is 1. The van der Waals surface area contributed by atoms with Crippen LogP contribution in [0.1, 0.15) is 29.9 Å². The van der Waals surface area contributed by atoms with Crippen molar-refractivity contribution >= 4 is 34.0 Å². The van der Waals surface area contributed by atoms with Crippen molar-refractivity contribution in [3.8, 4) is 0 Å². The number of pyridine rings is 1. The van der Waals surface area contributed by atoms with Crippen molar-refractivity contribution in [2.45, 2.75) is 32.9 Å². The minimum atomic E-state index is -0.506. The summed E-state index contributed by atoms with van der Waals surface area (Å²) in [7, 11) is 0. The molecular weight excluding hydrogens is 445 g/mol. The number of aryl methyl sites for hydroxylation is 1. The standard InChI is InChI=1S/C26H28FN7O/c1-5-19-15-32(13-17(4)34(19)6-2)22-8-7-20(23-24(22)29-10-9-28-23)26(35)31-18-11-21(27)25-30-16(3)12-33(25)14-18/h5,7-12,14,17,19H,1,6,13,15H2,2-4H3,(H,31,35)/t17-,19-/m1/s1. The third-order valence-electron chi connectivity index (χ3n) is 6.60. The highest BCUT2D eigenvalue weighted by atomic mass is 19.1. The molecule has 180 valence electrons. The number of aromatic nitrogens is 4. The molecule has 5 rings (SSSR count). The predicted molar refractivity (Wildman–Crippen MR) is 135 cm³/mol. The molecule has 0 bridgehead atoms. The number of likely N-dealkylation sites (N-methyl/N-ethyl adjacent to an activating group) is 1. The van der Waals surface area contributed by atoms with Crippen LogP contribution in [0.3, 0.4) is 0 Å². The Hall–Kier alpha value is -3.85. The smallest absolute Gasteiger partial charge is 0.257 e. The van der Waals surface area contributed by atoms with Crippen LogP contribution in [0.25, 0.3) is 16.7 Å². The number of anilines is 2. The molecule has 1 aromatic carbocycles. The monoisotopic (exact) mass is 473 g/mol. The Morgan fingerprint density at radius 1 is 1.23 bits per heavy atom. The Morgan fingerprint density at radius 2 is 2.00 bits per heavy atom. The fourth-order valence-electron chi connectivity index (χ4n) is 5.04. The molecule has 35 heavy (non-hydrogen) atoms. The van der Waals surface area contributed by atoms with Gasteiger partial charge in [-0.3, -0.25) is 19.7 Å². The topological polar surface area (TPSA) is 78.7 Å². The summed E-state index contributed by atoms with van der Waals surface area (Å²) in [5.74, 6) is -0.890. The van der Waals surface area contributed by atoms with E-state index < -0.39 is 5.82 Å². The molecule has 1 N–H and O–H groups in total. The molecular formula is C26H28FN7O. The van der Waals surface area contributed by atoms with E-state index in [4.69, 9.17) is 0 Å². The second-order valence-electron chi connectivity index (χ2n) is 8.92. The highest BCUT2D eigenvalue weighted by molar-refractivity contribution is 6.13. The van der Waals surface area contributed by atoms with E-state index in [0.717, 1.165) is 25.3 Å². The van der Waals surface area contributed by atoms with Gasteiger partial charge in [-0.2, -0.15) is 0 Å². The van der Waals surface area contributed by atoms with Gasteiger partial charge in [-0.1, -0.05) is 13.0 Å². The fourth-order valence-corrected chi connectivity index (χ4v) is 5.04. The van der Waals surface area contributed by atoms with Crippen molar-refractivity contribution in [1.82, 2.24) is 24.3 Å². The molecule has 8 nitrogen and oxygen atoms in total. The zero-order chi connectivity index (χ0) is 24.7. The van der Waals surface area contributed by atoms with Crippen molar-refractivity contribution in [3.05, 3.63) is 72.7 Å². The molecule has 1 amide bonds. The first-order valence-corrected chi connectivity index (χ1v) is 11.7. The Kier molecular flexibility index (Phi) is 5.94. The summed E-state index contributed by atoms with van der Waals surface area (Å²) in [4.78, 5) is 31.2. The van der Waals surface area contributed by atoms with Gasteiger partial charge in [0.15, 0.2) is 11.5 Å². The number of hydrogen-bond acceptors (Lipinski definition) is 6. The molecule has 3 aromatic heterocycles. The van der Waals surface area contributed by atoms with Crippen LogP contribution in [0, 0.1) is 12.7 Å². The lowest BCUT2D eigenvalue weighted by Gasteiger charge is -2.45. The molecule has 4 aromatic rings. The van der Waals surface area contributed by atoms with Gasteiger partial charge < -0.3 is 14.6 Å². The molecule has 0 spiro atoms. The number of imidazole rings is 1. The number of nitrogens with one attached hydrogen (secondary N) is 1. The molecule has 1 fully saturated rings. The normalized spacial score (nSPS) is 18.8. The zero-order valence-corrected chi connectivity index (χ0v) is 20.1. The molecule has 4 heterocycles. The lowest BCUT2D eigenvalue weighted by Crippen LogP contribution is -2.57.